The molecular weight excluding hydrogens is 340 g/mol. The number of para-hydroxylation sites is 2. The molecule has 1 aromatic carbocycles. The molecule has 0 fully saturated rings. The highest BCUT2D eigenvalue weighted by molar-refractivity contribution is 5.92. The minimum atomic E-state index is -0.518. The maximum Gasteiger partial charge on any atom is 0.311 e. The molecule has 0 aliphatic rings. The summed E-state index contributed by atoms with van der Waals surface area (Å²) >= 11 is 0. The molecule has 0 atom stereocenters. The van der Waals surface area contributed by atoms with Gasteiger partial charge in [0.2, 0.25) is 0 Å². The summed E-state index contributed by atoms with van der Waals surface area (Å²) in [5, 5.41) is 21.8. The lowest BCUT2D eigenvalue weighted by Crippen LogP contribution is -2.24. The lowest BCUT2D eigenvalue weighted by molar-refractivity contribution is -0.386. The fourth-order valence-electron chi connectivity index (χ4n) is 2.26. The van der Waals surface area contributed by atoms with Crippen molar-refractivity contribution >= 4 is 11.6 Å². The Labute approximate surface area is 148 Å². The van der Waals surface area contributed by atoms with E-state index in [9.17, 15) is 14.9 Å². The van der Waals surface area contributed by atoms with E-state index in [-0.39, 0.29) is 29.8 Å². The monoisotopic (exact) mass is 356 g/mol. The van der Waals surface area contributed by atoms with Gasteiger partial charge in [0.15, 0.2) is 12.5 Å². The molecule has 10 nitrogen and oxygen atoms in total. The molecule has 1 amide bonds. The maximum absolute atomic E-state index is 12.1. The summed E-state index contributed by atoms with van der Waals surface area (Å²) in [4.78, 5) is 22.6. The molecule has 1 N–H and O–H groups in total. The molecule has 0 spiro atoms. The Morgan fingerprint density at radius 3 is 2.85 bits per heavy atom. The first-order valence-corrected chi connectivity index (χ1v) is 7.69. The summed E-state index contributed by atoms with van der Waals surface area (Å²) in [5.74, 6) is -0.203. The second-order valence-electron chi connectivity index (χ2n) is 5.37. The number of amides is 1. The van der Waals surface area contributed by atoms with Crippen molar-refractivity contribution in [2.24, 2.45) is 7.05 Å². The van der Waals surface area contributed by atoms with Crippen LogP contribution in [0.4, 0.5) is 5.69 Å². The predicted octanol–water partition coefficient (Wildman–Crippen LogP) is 1.49. The highest BCUT2D eigenvalue weighted by atomic mass is 16.6. The number of rotatable bonds is 7. The van der Waals surface area contributed by atoms with Gasteiger partial charge in [0, 0.05) is 25.5 Å². The molecule has 3 rings (SSSR count). The van der Waals surface area contributed by atoms with E-state index in [1.165, 1.54) is 16.8 Å². The van der Waals surface area contributed by atoms with Crippen molar-refractivity contribution in [3.63, 3.8) is 0 Å². The average molecular weight is 356 g/mol. The van der Waals surface area contributed by atoms with Gasteiger partial charge in [0.1, 0.15) is 5.69 Å². The number of carbonyl (C=O) groups excluding carboxylic acids is 1. The minimum absolute atomic E-state index is 0.0557. The van der Waals surface area contributed by atoms with Gasteiger partial charge in [-0.25, -0.2) is 4.68 Å². The molecule has 2 aromatic heterocycles. The number of nitro groups is 1. The number of hydrogen-bond donors (Lipinski definition) is 1. The number of aromatic nitrogens is 4. The molecule has 0 unspecified atom stereocenters. The van der Waals surface area contributed by atoms with E-state index >= 15 is 0 Å². The van der Waals surface area contributed by atoms with Crippen LogP contribution in [0.25, 0.3) is 0 Å². The smallest absolute Gasteiger partial charge is 0.311 e. The molecule has 0 saturated heterocycles. The fourth-order valence-corrected chi connectivity index (χ4v) is 2.26. The van der Waals surface area contributed by atoms with Crippen LogP contribution in [-0.2, 0) is 20.3 Å². The van der Waals surface area contributed by atoms with Crippen LogP contribution >= 0.6 is 0 Å². The zero-order chi connectivity index (χ0) is 18.5. The number of hydrogen-bond acceptors (Lipinski definition) is 6. The van der Waals surface area contributed by atoms with Gasteiger partial charge in [-0.2, -0.15) is 10.2 Å². The Kier molecular flexibility index (Phi) is 4.92. The van der Waals surface area contributed by atoms with E-state index in [0.29, 0.717) is 6.54 Å². The van der Waals surface area contributed by atoms with Crippen LogP contribution < -0.4 is 10.1 Å². The second kappa shape index (κ2) is 7.47. The van der Waals surface area contributed by atoms with Crippen LogP contribution in [-0.4, -0.2) is 30.4 Å². The number of nitrogens with one attached hydrogen (secondary N) is 1. The average Bonchev–Trinajstić information content (AvgIpc) is 3.27. The molecule has 134 valence electrons. The molecule has 0 radical (unpaired) electrons. The normalized spacial score (nSPS) is 10.5. The highest BCUT2D eigenvalue weighted by Gasteiger charge is 2.14. The number of ether oxygens (including phenoxy) is 1. The van der Waals surface area contributed by atoms with Crippen molar-refractivity contribution in [2.45, 2.75) is 13.3 Å². The molecule has 0 bridgehead atoms. The van der Waals surface area contributed by atoms with Crippen LogP contribution in [0.1, 0.15) is 16.2 Å². The van der Waals surface area contributed by atoms with Gasteiger partial charge in [0.05, 0.1) is 17.2 Å². The van der Waals surface area contributed by atoms with Crippen molar-refractivity contribution in [1.82, 2.24) is 24.9 Å². The van der Waals surface area contributed by atoms with Crippen LogP contribution in [0.5, 0.6) is 5.75 Å². The molecule has 10 heteroatoms. The molecule has 26 heavy (non-hydrogen) atoms. The number of carbonyl (C=O) groups is 1. The first-order valence-electron chi connectivity index (χ1n) is 7.69. The summed E-state index contributed by atoms with van der Waals surface area (Å²) in [5.41, 5.74) is 0.949. The Morgan fingerprint density at radius 1 is 1.31 bits per heavy atom. The molecule has 0 saturated carbocycles. The first kappa shape index (κ1) is 17.1. The van der Waals surface area contributed by atoms with Crippen molar-refractivity contribution < 1.29 is 14.5 Å². The first-order chi connectivity index (χ1) is 12.5. The van der Waals surface area contributed by atoms with Crippen molar-refractivity contribution in [2.75, 3.05) is 0 Å². The van der Waals surface area contributed by atoms with E-state index in [1.54, 1.807) is 48.4 Å². The molecule has 3 aromatic rings. The van der Waals surface area contributed by atoms with E-state index in [2.05, 4.69) is 15.5 Å². The third kappa shape index (κ3) is 3.86. The standard InChI is InChI=1S/C16H16N6O4/c1-20-12(6-8-18-20)10-17-16(23)13-7-9-21(19-13)11-26-15-5-3-2-4-14(15)22(24)25/h2-9H,10-11H2,1H3,(H,17,23). The van der Waals surface area contributed by atoms with Gasteiger partial charge >= 0.3 is 5.69 Å². The van der Waals surface area contributed by atoms with Crippen molar-refractivity contribution in [3.8, 4) is 5.75 Å². The summed E-state index contributed by atoms with van der Waals surface area (Å²) in [7, 11) is 1.79. The van der Waals surface area contributed by atoms with Crippen molar-refractivity contribution in [1.29, 1.82) is 0 Å². The number of benzene rings is 1. The Balaban J connectivity index is 1.59. The van der Waals surface area contributed by atoms with Gasteiger partial charge in [-0.15, -0.1) is 0 Å². The van der Waals surface area contributed by atoms with Gasteiger partial charge in [0.25, 0.3) is 5.91 Å². The third-order valence-corrected chi connectivity index (χ3v) is 3.64. The third-order valence-electron chi connectivity index (χ3n) is 3.64. The number of nitro benzene ring substituents is 1. The predicted molar refractivity (Wildman–Crippen MR) is 90.3 cm³/mol. The Morgan fingerprint density at radius 2 is 2.12 bits per heavy atom. The zero-order valence-electron chi connectivity index (χ0n) is 13.9. The van der Waals surface area contributed by atoms with E-state index in [0.717, 1.165) is 5.69 Å². The van der Waals surface area contributed by atoms with Crippen LogP contribution in [0.2, 0.25) is 0 Å². The molecule has 0 aliphatic heterocycles. The quantitative estimate of drug-likeness (QED) is 0.506. The highest BCUT2D eigenvalue weighted by Crippen LogP contribution is 2.25. The second-order valence-corrected chi connectivity index (χ2v) is 5.37. The summed E-state index contributed by atoms with van der Waals surface area (Å²) in [6.07, 6.45) is 3.21. The van der Waals surface area contributed by atoms with E-state index in [1.807, 2.05) is 0 Å². The lowest BCUT2D eigenvalue weighted by Gasteiger charge is -2.06. The summed E-state index contributed by atoms with van der Waals surface area (Å²) in [6, 6.07) is 9.41. The number of nitrogens with zero attached hydrogens (tertiary/aromatic N) is 5. The minimum Gasteiger partial charge on any atom is -0.464 e. The van der Waals surface area contributed by atoms with Gasteiger partial charge in [-0.3, -0.25) is 19.6 Å². The largest absolute Gasteiger partial charge is 0.464 e. The van der Waals surface area contributed by atoms with Crippen LogP contribution in [0.15, 0.2) is 48.8 Å². The van der Waals surface area contributed by atoms with Crippen molar-refractivity contribution in [3.05, 3.63) is 70.3 Å². The van der Waals surface area contributed by atoms with E-state index < -0.39 is 4.92 Å². The van der Waals surface area contributed by atoms with Gasteiger partial charge in [-0.1, -0.05) is 12.1 Å². The lowest BCUT2D eigenvalue weighted by atomic mass is 10.3. The SMILES string of the molecule is Cn1nccc1CNC(=O)c1ccn(COc2ccccc2[N+](=O)[O-])n1. The Hall–Kier alpha value is -3.69. The van der Waals surface area contributed by atoms with Gasteiger partial charge < -0.3 is 10.1 Å². The number of aryl methyl sites for hydroxylation is 1. The fraction of sp³-hybridized carbons (Fsp3) is 0.188. The topological polar surface area (TPSA) is 117 Å². The Bertz CT molecular complexity index is 932. The van der Waals surface area contributed by atoms with Crippen LogP contribution in [0.3, 0.4) is 0 Å². The molecular formula is C16H16N6O4. The molecule has 2 heterocycles. The van der Waals surface area contributed by atoms with Crippen LogP contribution in [0, 0.1) is 10.1 Å². The van der Waals surface area contributed by atoms with Gasteiger partial charge in [-0.05, 0) is 18.2 Å². The van der Waals surface area contributed by atoms with E-state index in [4.69, 9.17) is 4.74 Å². The molecule has 0 aliphatic carbocycles. The maximum atomic E-state index is 12.1. The summed E-state index contributed by atoms with van der Waals surface area (Å²) < 4.78 is 8.48. The zero-order valence-corrected chi connectivity index (χ0v) is 13.9. The summed E-state index contributed by atoms with van der Waals surface area (Å²) in [6.45, 7) is 0.273.